The van der Waals surface area contributed by atoms with Gasteiger partial charge in [-0.1, -0.05) is 0 Å². The summed E-state index contributed by atoms with van der Waals surface area (Å²) in [5, 5.41) is 0. The lowest BCUT2D eigenvalue weighted by molar-refractivity contribution is -0.117. The SMILES string of the molecule is NCCC(N)=O.P. The third-order valence-electron chi connectivity index (χ3n) is 0.391. The summed E-state index contributed by atoms with van der Waals surface area (Å²) in [6.45, 7) is 0.356. The number of carbonyl (C=O) groups is 1. The first-order valence-corrected chi connectivity index (χ1v) is 1.75. The Kier molecular flexibility index (Phi) is 8.35. The van der Waals surface area contributed by atoms with Crippen LogP contribution in [-0.4, -0.2) is 12.5 Å². The Bertz CT molecular complexity index is 56.9. The first-order chi connectivity index (χ1) is 2.77. The topological polar surface area (TPSA) is 69.1 Å². The fourth-order valence-electron chi connectivity index (χ4n) is 0.142. The largest absolute Gasteiger partial charge is 0.370 e. The zero-order chi connectivity index (χ0) is 4.99. The molecule has 0 aliphatic rings. The zero-order valence-electron chi connectivity index (χ0n) is 4.18. The van der Waals surface area contributed by atoms with Crippen molar-refractivity contribution >= 4 is 15.8 Å². The molecule has 0 aromatic rings. The molecule has 0 aromatic heterocycles. The molecular weight excluding hydrogens is 111 g/mol. The van der Waals surface area contributed by atoms with Crippen LogP contribution in [-0.2, 0) is 4.79 Å². The standard InChI is InChI=1S/C3H8N2O.H3P/c4-2-1-3(5)6;/h1-2,4H2,(H2,5,6);1H3. The maximum Gasteiger partial charge on any atom is 0.218 e. The highest BCUT2D eigenvalue weighted by molar-refractivity contribution is 6.92. The Balaban J connectivity index is 0. The fraction of sp³-hybridized carbons (Fsp3) is 0.667. The molecule has 0 radical (unpaired) electrons. The average Bonchev–Trinajstić information content (AvgIpc) is 1.35. The van der Waals surface area contributed by atoms with Gasteiger partial charge in [-0.2, -0.15) is 9.90 Å². The third kappa shape index (κ3) is 10.7. The number of amides is 1. The second-order valence-electron chi connectivity index (χ2n) is 1.00. The molecule has 0 saturated carbocycles. The van der Waals surface area contributed by atoms with Gasteiger partial charge in [-0.25, -0.2) is 0 Å². The molecule has 0 heterocycles. The molecule has 0 aliphatic carbocycles. The van der Waals surface area contributed by atoms with Crippen LogP contribution >= 0.6 is 9.90 Å². The highest BCUT2D eigenvalue weighted by atomic mass is 31.0. The number of carbonyl (C=O) groups excluding carboxylic acids is 1. The fourth-order valence-corrected chi connectivity index (χ4v) is 0.142. The van der Waals surface area contributed by atoms with Crippen molar-refractivity contribution in [3.8, 4) is 0 Å². The van der Waals surface area contributed by atoms with E-state index in [-0.39, 0.29) is 15.8 Å². The summed E-state index contributed by atoms with van der Waals surface area (Å²) in [7, 11) is 0. The van der Waals surface area contributed by atoms with Gasteiger partial charge < -0.3 is 11.5 Å². The zero-order valence-corrected chi connectivity index (χ0v) is 5.60. The molecule has 3 nitrogen and oxygen atoms in total. The van der Waals surface area contributed by atoms with Crippen LogP contribution in [0.3, 0.4) is 0 Å². The maximum atomic E-state index is 9.74. The van der Waals surface area contributed by atoms with E-state index < -0.39 is 0 Å². The highest BCUT2D eigenvalue weighted by Crippen LogP contribution is 1.63. The number of hydrogen-bond acceptors (Lipinski definition) is 2. The first kappa shape index (κ1) is 9.97. The van der Waals surface area contributed by atoms with Gasteiger partial charge in [-0.3, -0.25) is 4.79 Å². The van der Waals surface area contributed by atoms with Gasteiger partial charge in [0.15, 0.2) is 0 Å². The van der Waals surface area contributed by atoms with Gasteiger partial charge in [0.05, 0.1) is 0 Å². The molecule has 44 valence electrons. The van der Waals surface area contributed by atoms with Gasteiger partial charge in [0.2, 0.25) is 5.91 Å². The normalized spacial score (nSPS) is 7.00. The van der Waals surface area contributed by atoms with E-state index >= 15 is 0 Å². The van der Waals surface area contributed by atoms with Gasteiger partial charge in [-0.05, 0) is 0 Å². The van der Waals surface area contributed by atoms with E-state index in [4.69, 9.17) is 5.73 Å². The summed E-state index contributed by atoms with van der Waals surface area (Å²) < 4.78 is 0. The summed E-state index contributed by atoms with van der Waals surface area (Å²) in [6.07, 6.45) is 0.292. The van der Waals surface area contributed by atoms with Crippen LogP contribution in [0, 0.1) is 0 Å². The van der Waals surface area contributed by atoms with Crippen LogP contribution in [0.25, 0.3) is 0 Å². The first-order valence-electron chi connectivity index (χ1n) is 1.75. The van der Waals surface area contributed by atoms with Gasteiger partial charge in [0.1, 0.15) is 0 Å². The van der Waals surface area contributed by atoms with Crippen LogP contribution in [0.15, 0.2) is 0 Å². The minimum absolute atomic E-state index is 0. The van der Waals surface area contributed by atoms with Gasteiger partial charge in [0.25, 0.3) is 0 Å². The minimum atomic E-state index is -0.336. The number of primary amides is 1. The second kappa shape index (κ2) is 5.86. The van der Waals surface area contributed by atoms with E-state index in [1.807, 2.05) is 0 Å². The predicted octanol–water partition coefficient (Wildman–Crippen LogP) is -1.12. The molecule has 0 spiro atoms. The average molecular weight is 122 g/mol. The molecule has 4 heteroatoms. The maximum absolute atomic E-state index is 9.74. The van der Waals surface area contributed by atoms with Gasteiger partial charge in [0, 0.05) is 13.0 Å². The molecule has 7 heavy (non-hydrogen) atoms. The van der Waals surface area contributed by atoms with Crippen molar-refractivity contribution in [1.82, 2.24) is 0 Å². The van der Waals surface area contributed by atoms with Crippen LogP contribution < -0.4 is 11.5 Å². The van der Waals surface area contributed by atoms with E-state index in [9.17, 15) is 4.79 Å². The molecule has 0 rings (SSSR count). The summed E-state index contributed by atoms with van der Waals surface area (Å²) in [6, 6.07) is 0. The molecule has 0 aromatic carbocycles. The van der Waals surface area contributed by atoms with E-state index in [0.717, 1.165) is 0 Å². The molecular formula is C3H11N2OP. The lowest BCUT2D eigenvalue weighted by Gasteiger charge is -1.82. The molecule has 1 amide bonds. The smallest absolute Gasteiger partial charge is 0.218 e. The molecule has 0 fully saturated rings. The van der Waals surface area contributed by atoms with E-state index in [0.29, 0.717) is 13.0 Å². The van der Waals surface area contributed by atoms with Crippen molar-refractivity contribution < 1.29 is 4.79 Å². The van der Waals surface area contributed by atoms with E-state index in [2.05, 4.69) is 5.73 Å². The number of hydrogen-bond donors (Lipinski definition) is 2. The van der Waals surface area contributed by atoms with Crippen LogP contribution in [0.5, 0.6) is 0 Å². The summed E-state index contributed by atoms with van der Waals surface area (Å²) >= 11 is 0. The lowest BCUT2D eigenvalue weighted by atomic mass is 10.4. The van der Waals surface area contributed by atoms with Crippen LogP contribution in [0.4, 0.5) is 0 Å². The Labute approximate surface area is 46.1 Å². The summed E-state index contributed by atoms with van der Waals surface area (Å²) in [5.41, 5.74) is 9.61. The molecule has 0 aliphatic heterocycles. The Morgan fingerprint density at radius 3 is 2.00 bits per heavy atom. The van der Waals surface area contributed by atoms with Gasteiger partial charge >= 0.3 is 0 Å². The Hall–Kier alpha value is -0.140. The van der Waals surface area contributed by atoms with Gasteiger partial charge in [-0.15, -0.1) is 0 Å². The Morgan fingerprint density at radius 1 is 1.57 bits per heavy atom. The molecule has 1 unspecified atom stereocenters. The van der Waals surface area contributed by atoms with E-state index in [1.165, 1.54) is 0 Å². The summed E-state index contributed by atoms with van der Waals surface area (Å²) in [4.78, 5) is 9.74. The van der Waals surface area contributed by atoms with Crippen molar-refractivity contribution in [2.75, 3.05) is 6.54 Å². The van der Waals surface area contributed by atoms with Crippen molar-refractivity contribution in [3.05, 3.63) is 0 Å². The second-order valence-corrected chi connectivity index (χ2v) is 1.00. The summed E-state index contributed by atoms with van der Waals surface area (Å²) in [5.74, 6) is -0.336. The number of rotatable bonds is 2. The quantitative estimate of drug-likeness (QED) is 0.455. The predicted molar refractivity (Wildman–Crippen MR) is 34.0 cm³/mol. The van der Waals surface area contributed by atoms with Crippen molar-refractivity contribution in [2.45, 2.75) is 6.42 Å². The highest BCUT2D eigenvalue weighted by Gasteiger charge is 1.84. The van der Waals surface area contributed by atoms with Crippen molar-refractivity contribution in [1.29, 1.82) is 0 Å². The molecule has 4 N–H and O–H groups in total. The monoisotopic (exact) mass is 122 g/mol. The van der Waals surface area contributed by atoms with E-state index in [1.54, 1.807) is 0 Å². The third-order valence-corrected chi connectivity index (χ3v) is 0.391. The van der Waals surface area contributed by atoms with Crippen LogP contribution in [0.2, 0.25) is 0 Å². The Morgan fingerprint density at radius 2 is 2.00 bits per heavy atom. The van der Waals surface area contributed by atoms with Crippen LogP contribution in [0.1, 0.15) is 6.42 Å². The molecule has 0 bridgehead atoms. The minimum Gasteiger partial charge on any atom is -0.370 e. The number of nitrogens with two attached hydrogens (primary N) is 2. The van der Waals surface area contributed by atoms with Crippen molar-refractivity contribution in [2.24, 2.45) is 11.5 Å². The lowest BCUT2D eigenvalue weighted by Crippen LogP contribution is -2.15. The molecule has 0 saturated heterocycles. The van der Waals surface area contributed by atoms with Crippen molar-refractivity contribution in [3.63, 3.8) is 0 Å². The molecule has 1 atom stereocenters.